The van der Waals surface area contributed by atoms with Crippen molar-refractivity contribution < 1.29 is 9.59 Å². The predicted molar refractivity (Wildman–Crippen MR) is 110 cm³/mol. The lowest BCUT2D eigenvalue weighted by atomic mass is 9.88. The first-order chi connectivity index (χ1) is 13.6. The minimum absolute atomic E-state index is 0.0444. The van der Waals surface area contributed by atoms with Crippen LogP contribution < -0.4 is 10.9 Å². The van der Waals surface area contributed by atoms with Gasteiger partial charge in [-0.15, -0.1) is 0 Å². The zero-order chi connectivity index (χ0) is 19.7. The molecule has 0 radical (unpaired) electrons. The largest absolute Gasteiger partial charge is 0.341 e. The number of aromatic nitrogens is 1. The lowest BCUT2D eigenvalue weighted by Crippen LogP contribution is -2.45. The highest BCUT2D eigenvalue weighted by molar-refractivity contribution is 6.07. The van der Waals surface area contributed by atoms with E-state index < -0.39 is 0 Å². The molecule has 28 heavy (non-hydrogen) atoms. The number of hydrazine groups is 1. The number of piperidine rings is 1. The van der Waals surface area contributed by atoms with Crippen molar-refractivity contribution in [2.45, 2.75) is 52.1 Å². The number of aryl methyl sites for hydroxylation is 1. The SMILES string of the molecule is CCc1cccc2c(C(C)=O)cn(CC(=O)N3CCC(C4CCNN4)CC3)c12. The maximum atomic E-state index is 13.0. The average molecular weight is 383 g/mol. The Kier molecular flexibility index (Phi) is 5.51. The Balaban J connectivity index is 1.50. The molecule has 150 valence electrons. The van der Waals surface area contributed by atoms with Gasteiger partial charge in [0.25, 0.3) is 0 Å². The second-order valence-corrected chi connectivity index (χ2v) is 8.08. The molecule has 2 aromatic rings. The van der Waals surface area contributed by atoms with Gasteiger partial charge in [-0.05, 0) is 44.1 Å². The number of carbonyl (C=O) groups excluding carboxylic acids is 2. The van der Waals surface area contributed by atoms with E-state index in [4.69, 9.17) is 0 Å². The highest BCUT2D eigenvalue weighted by atomic mass is 16.2. The maximum Gasteiger partial charge on any atom is 0.242 e. The number of rotatable bonds is 5. The summed E-state index contributed by atoms with van der Waals surface area (Å²) in [4.78, 5) is 27.1. The average Bonchev–Trinajstić information content (AvgIpc) is 3.36. The van der Waals surface area contributed by atoms with Gasteiger partial charge in [0.05, 0.1) is 5.52 Å². The normalized spacial score (nSPS) is 20.8. The van der Waals surface area contributed by atoms with Gasteiger partial charge < -0.3 is 9.47 Å². The molecule has 6 heteroatoms. The van der Waals surface area contributed by atoms with Crippen LogP contribution in [0.3, 0.4) is 0 Å². The number of nitrogens with one attached hydrogen (secondary N) is 2. The molecule has 0 spiro atoms. The number of para-hydroxylation sites is 1. The second kappa shape index (κ2) is 8.05. The van der Waals surface area contributed by atoms with Crippen LogP contribution in [0.2, 0.25) is 0 Å². The Labute approximate surface area is 166 Å². The van der Waals surface area contributed by atoms with Crippen molar-refractivity contribution in [1.82, 2.24) is 20.3 Å². The molecule has 0 saturated carbocycles. The van der Waals surface area contributed by atoms with Crippen LogP contribution in [0.5, 0.6) is 0 Å². The van der Waals surface area contributed by atoms with Gasteiger partial charge in [0.1, 0.15) is 6.54 Å². The highest BCUT2D eigenvalue weighted by Crippen LogP contribution is 2.27. The molecule has 6 nitrogen and oxygen atoms in total. The van der Waals surface area contributed by atoms with Crippen molar-refractivity contribution in [1.29, 1.82) is 0 Å². The van der Waals surface area contributed by atoms with Gasteiger partial charge in [0, 0.05) is 42.8 Å². The molecule has 1 atom stereocenters. The van der Waals surface area contributed by atoms with Crippen molar-refractivity contribution in [3.63, 3.8) is 0 Å². The summed E-state index contributed by atoms with van der Waals surface area (Å²) in [5.74, 6) is 0.833. The van der Waals surface area contributed by atoms with Crippen molar-refractivity contribution in [2.24, 2.45) is 5.92 Å². The number of carbonyl (C=O) groups is 2. The third-order valence-electron chi connectivity index (χ3n) is 6.38. The number of likely N-dealkylation sites (tertiary alicyclic amines) is 1. The van der Waals surface area contributed by atoms with Crippen LogP contribution in [0, 0.1) is 5.92 Å². The molecule has 0 aliphatic carbocycles. The highest BCUT2D eigenvalue weighted by Gasteiger charge is 2.30. The molecule has 1 aromatic heterocycles. The Morgan fingerprint density at radius 1 is 1.18 bits per heavy atom. The van der Waals surface area contributed by atoms with E-state index in [0.29, 0.717) is 24.1 Å². The number of Topliss-reactive ketones (excluding diaryl/α,β-unsaturated/α-hetero) is 1. The number of amides is 1. The first-order valence-corrected chi connectivity index (χ1v) is 10.5. The third kappa shape index (κ3) is 3.59. The van der Waals surface area contributed by atoms with Crippen molar-refractivity contribution >= 4 is 22.6 Å². The molecule has 2 aliphatic rings. The van der Waals surface area contributed by atoms with E-state index in [-0.39, 0.29) is 11.7 Å². The minimum atomic E-state index is 0.0444. The van der Waals surface area contributed by atoms with Gasteiger partial charge in [0.15, 0.2) is 5.78 Å². The van der Waals surface area contributed by atoms with Crippen LogP contribution in [-0.4, -0.2) is 46.8 Å². The summed E-state index contributed by atoms with van der Waals surface area (Å²) in [6.45, 7) is 6.67. The first-order valence-electron chi connectivity index (χ1n) is 10.5. The minimum Gasteiger partial charge on any atom is -0.341 e. The summed E-state index contributed by atoms with van der Waals surface area (Å²) in [5, 5.41) is 0.957. The topological polar surface area (TPSA) is 66.4 Å². The lowest BCUT2D eigenvalue weighted by molar-refractivity contribution is -0.133. The lowest BCUT2D eigenvalue weighted by Gasteiger charge is -2.34. The smallest absolute Gasteiger partial charge is 0.242 e. The Bertz CT molecular complexity index is 874. The van der Waals surface area contributed by atoms with E-state index >= 15 is 0 Å². The van der Waals surface area contributed by atoms with Crippen LogP contribution >= 0.6 is 0 Å². The Hall–Kier alpha value is -2.18. The first kappa shape index (κ1) is 19.2. The molecule has 4 rings (SSSR count). The molecule has 2 fully saturated rings. The van der Waals surface area contributed by atoms with Crippen molar-refractivity contribution in [3.05, 3.63) is 35.5 Å². The molecule has 2 saturated heterocycles. The fraction of sp³-hybridized carbons (Fsp3) is 0.545. The molecule has 2 N–H and O–H groups in total. The summed E-state index contributed by atoms with van der Waals surface area (Å²) in [5.41, 5.74) is 9.49. The Morgan fingerprint density at radius 3 is 2.61 bits per heavy atom. The number of ketones is 1. The van der Waals surface area contributed by atoms with E-state index in [9.17, 15) is 9.59 Å². The zero-order valence-electron chi connectivity index (χ0n) is 16.8. The zero-order valence-corrected chi connectivity index (χ0v) is 16.8. The fourth-order valence-corrected chi connectivity index (χ4v) is 4.78. The molecule has 3 heterocycles. The van der Waals surface area contributed by atoms with Gasteiger partial charge in [-0.1, -0.05) is 25.1 Å². The van der Waals surface area contributed by atoms with Gasteiger partial charge in [-0.2, -0.15) is 0 Å². The van der Waals surface area contributed by atoms with Gasteiger partial charge in [0.2, 0.25) is 5.91 Å². The summed E-state index contributed by atoms with van der Waals surface area (Å²) < 4.78 is 1.99. The van der Waals surface area contributed by atoms with E-state index in [1.54, 1.807) is 6.92 Å². The summed E-state index contributed by atoms with van der Waals surface area (Å²) in [6, 6.07) is 6.61. The van der Waals surface area contributed by atoms with Crippen LogP contribution in [0.4, 0.5) is 0 Å². The van der Waals surface area contributed by atoms with Gasteiger partial charge >= 0.3 is 0 Å². The van der Waals surface area contributed by atoms with Crippen LogP contribution in [0.15, 0.2) is 24.4 Å². The summed E-state index contributed by atoms with van der Waals surface area (Å²) in [6.07, 6.45) is 6.01. The molecular formula is C22H30N4O2. The standard InChI is InChI=1S/C22H30N4O2/c1-3-16-5-4-6-18-19(15(2)27)13-26(22(16)18)14-21(28)25-11-8-17(9-12-25)20-7-10-23-24-20/h4-6,13,17,20,23-24H,3,7-12,14H2,1-2H3. The molecule has 0 bridgehead atoms. The molecule has 1 aromatic carbocycles. The monoisotopic (exact) mass is 382 g/mol. The van der Waals surface area contributed by atoms with E-state index in [1.807, 2.05) is 27.8 Å². The quantitative estimate of drug-likeness (QED) is 0.780. The van der Waals surface area contributed by atoms with E-state index in [1.165, 1.54) is 12.0 Å². The summed E-state index contributed by atoms with van der Waals surface area (Å²) in [7, 11) is 0. The fourth-order valence-electron chi connectivity index (χ4n) is 4.78. The second-order valence-electron chi connectivity index (χ2n) is 8.08. The maximum absolute atomic E-state index is 13.0. The van der Waals surface area contributed by atoms with Crippen LogP contribution in [0.1, 0.15) is 49.0 Å². The number of benzene rings is 1. The van der Waals surface area contributed by atoms with Crippen molar-refractivity contribution in [2.75, 3.05) is 19.6 Å². The number of nitrogens with zero attached hydrogens (tertiary/aromatic N) is 2. The van der Waals surface area contributed by atoms with Gasteiger partial charge in [-0.3, -0.25) is 20.4 Å². The third-order valence-corrected chi connectivity index (χ3v) is 6.38. The molecule has 2 aliphatic heterocycles. The number of fused-ring (bicyclic) bond motifs is 1. The molecule has 1 amide bonds. The molecular weight excluding hydrogens is 352 g/mol. The van der Waals surface area contributed by atoms with E-state index in [2.05, 4.69) is 23.8 Å². The van der Waals surface area contributed by atoms with Crippen LogP contribution in [0.25, 0.3) is 10.9 Å². The predicted octanol–water partition coefficient (Wildman–Crippen LogP) is 2.51. The van der Waals surface area contributed by atoms with E-state index in [0.717, 1.165) is 49.8 Å². The van der Waals surface area contributed by atoms with Gasteiger partial charge in [-0.25, -0.2) is 0 Å². The Morgan fingerprint density at radius 2 is 1.96 bits per heavy atom. The van der Waals surface area contributed by atoms with Crippen molar-refractivity contribution in [3.8, 4) is 0 Å². The number of hydrogen-bond acceptors (Lipinski definition) is 4. The summed E-state index contributed by atoms with van der Waals surface area (Å²) >= 11 is 0. The van der Waals surface area contributed by atoms with Crippen LogP contribution in [-0.2, 0) is 17.8 Å². The molecule has 1 unspecified atom stereocenters. The number of hydrogen-bond donors (Lipinski definition) is 2.